The number of rotatable bonds is 3. The van der Waals surface area contributed by atoms with Gasteiger partial charge in [-0.2, -0.15) is 0 Å². The summed E-state index contributed by atoms with van der Waals surface area (Å²) < 4.78 is 5.39. The summed E-state index contributed by atoms with van der Waals surface area (Å²) in [6.45, 7) is 3.30. The number of piperazine rings is 1. The van der Waals surface area contributed by atoms with Crippen LogP contribution in [0.2, 0.25) is 5.02 Å². The van der Waals surface area contributed by atoms with Crippen LogP contribution in [-0.4, -0.2) is 49.0 Å². The van der Waals surface area contributed by atoms with Crippen molar-refractivity contribution in [1.82, 2.24) is 9.80 Å². The monoisotopic (exact) mass is 376 g/mol. The Morgan fingerprint density at radius 3 is 2.72 bits per heavy atom. The largest absolute Gasteiger partial charge is 0.497 e. The number of nitrogens with zero attached hydrogens (tertiary/aromatic N) is 2. The molecule has 1 unspecified atom stereocenters. The molecule has 4 nitrogen and oxygen atoms in total. The summed E-state index contributed by atoms with van der Waals surface area (Å²) in [5, 5.41) is 2.43. The molecular weight excluding hydrogens is 356 g/mol. The van der Waals surface area contributed by atoms with E-state index in [-0.39, 0.29) is 5.91 Å². The molecule has 0 N–H and O–H groups in total. The Morgan fingerprint density at radius 1 is 1.24 bits per heavy atom. The summed E-state index contributed by atoms with van der Waals surface area (Å²) >= 11 is 7.53. The maximum atomic E-state index is 12.6. The Hall–Kier alpha value is -1.56. The third-order valence-electron chi connectivity index (χ3n) is 5.25. The van der Waals surface area contributed by atoms with Crippen LogP contribution in [0.15, 0.2) is 29.6 Å². The van der Waals surface area contributed by atoms with Crippen molar-refractivity contribution in [1.29, 1.82) is 0 Å². The van der Waals surface area contributed by atoms with Gasteiger partial charge in [0, 0.05) is 32.2 Å². The van der Waals surface area contributed by atoms with Crippen LogP contribution in [0.25, 0.3) is 0 Å². The first-order valence-corrected chi connectivity index (χ1v) is 9.86. The summed E-state index contributed by atoms with van der Waals surface area (Å²) in [5.41, 5.74) is 2.81. The van der Waals surface area contributed by atoms with Crippen molar-refractivity contribution < 1.29 is 9.53 Å². The zero-order chi connectivity index (χ0) is 17.4. The maximum absolute atomic E-state index is 12.6. The lowest BCUT2D eigenvalue weighted by Crippen LogP contribution is -2.49. The molecule has 0 bridgehead atoms. The second-order valence-corrected chi connectivity index (χ2v) is 7.87. The van der Waals surface area contributed by atoms with E-state index in [0.717, 1.165) is 44.8 Å². The molecule has 132 valence electrons. The molecule has 2 aromatic rings. The first-order valence-electron chi connectivity index (χ1n) is 8.60. The molecule has 0 saturated carbocycles. The fourth-order valence-electron chi connectivity index (χ4n) is 3.89. The van der Waals surface area contributed by atoms with Gasteiger partial charge in [-0.3, -0.25) is 9.69 Å². The lowest BCUT2D eigenvalue weighted by molar-refractivity contribution is 0.0572. The van der Waals surface area contributed by atoms with Crippen molar-refractivity contribution in [3.8, 4) is 5.75 Å². The van der Waals surface area contributed by atoms with Gasteiger partial charge in [0.2, 0.25) is 0 Å². The molecule has 4 rings (SSSR count). The Labute approximate surface area is 156 Å². The van der Waals surface area contributed by atoms with Gasteiger partial charge in [0.05, 0.1) is 12.1 Å². The van der Waals surface area contributed by atoms with Crippen LogP contribution in [0.5, 0.6) is 5.75 Å². The predicted octanol–water partition coefficient (Wildman–Crippen LogP) is 3.86. The molecule has 1 fully saturated rings. The van der Waals surface area contributed by atoms with E-state index in [0.29, 0.717) is 15.9 Å². The quantitative estimate of drug-likeness (QED) is 0.815. The number of hydrogen-bond donors (Lipinski definition) is 0. The number of carbonyl (C=O) groups excluding carboxylic acids is 1. The number of benzene rings is 1. The van der Waals surface area contributed by atoms with Crippen LogP contribution >= 0.6 is 22.9 Å². The molecule has 1 aromatic heterocycles. The van der Waals surface area contributed by atoms with Crippen molar-refractivity contribution in [3.63, 3.8) is 0 Å². The number of hydrogen-bond acceptors (Lipinski definition) is 4. The highest BCUT2D eigenvalue weighted by atomic mass is 35.5. The van der Waals surface area contributed by atoms with Gasteiger partial charge in [0.25, 0.3) is 5.91 Å². The summed E-state index contributed by atoms with van der Waals surface area (Å²) in [6, 6.07) is 8.64. The summed E-state index contributed by atoms with van der Waals surface area (Å²) in [6.07, 6.45) is 2.27. The van der Waals surface area contributed by atoms with E-state index in [2.05, 4.69) is 17.0 Å². The number of amides is 1. The fourth-order valence-corrected chi connectivity index (χ4v) is 4.99. The number of fused-ring (bicyclic) bond motifs is 1. The van der Waals surface area contributed by atoms with Gasteiger partial charge < -0.3 is 9.64 Å². The molecule has 0 spiro atoms. The van der Waals surface area contributed by atoms with E-state index >= 15 is 0 Å². The van der Waals surface area contributed by atoms with Gasteiger partial charge in [0.1, 0.15) is 10.6 Å². The molecule has 2 heterocycles. The standard InChI is InChI=1S/C19H21ClN2O2S/c1-24-14-4-2-13-3-5-17(15(13)12-14)21-7-9-22(10-8-21)19(23)18-16(20)6-11-25-18/h2,4,6,11-12,17H,3,5,7-10H2,1H3. The predicted molar refractivity (Wildman–Crippen MR) is 101 cm³/mol. The lowest BCUT2D eigenvalue weighted by Gasteiger charge is -2.38. The first-order chi connectivity index (χ1) is 12.2. The Bertz CT molecular complexity index is 783. The first kappa shape index (κ1) is 16.9. The minimum Gasteiger partial charge on any atom is -0.497 e. The van der Waals surface area contributed by atoms with Crippen LogP contribution in [-0.2, 0) is 6.42 Å². The molecule has 1 saturated heterocycles. The van der Waals surface area contributed by atoms with Crippen molar-refractivity contribution in [2.75, 3.05) is 33.3 Å². The van der Waals surface area contributed by atoms with Crippen molar-refractivity contribution in [3.05, 3.63) is 50.7 Å². The molecule has 6 heteroatoms. The summed E-state index contributed by atoms with van der Waals surface area (Å²) in [5.74, 6) is 0.986. The molecule has 2 aliphatic rings. The van der Waals surface area contributed by atoms with E-state index in [1.54, 1.807) is 13.2 Å². The fraction of sp³-hybridized carbons (Fsp3) is 0.421. The number of halogens is 1. The number of ether oxygens (including phenoxy) is 1. The van der Waals surface area contributed by atoms with Crippen LogP contribution < -0.4 is 4.74 Å². The Balaban J connectivity index is 1.44. The zero-order valence-corrected chi connectivity index (χ0v) is 15.8. The number of thiophene rings is 1. The minimum atomic E-state index is 0.0631. The molecule has 1 aliphatic carbocycles. The van der Waals surface area contributed by atoms with E-state index in [4.69, 9.17) is 16.3 Å². The number of aryl methyl sites for hydroxylation is 1. The van der Waals surface area contributed by atoms with Gasteiger partial charge in [0.15, 0.2) is 0 Å². The molecule has 25 heavy (non-hydrogen) atoms. The topological polar surface area (TPSA) is 32.8 Å². The SMILES string of the molecule is COc1ccc2c(c1)C(N1CCN(C(=O)c3sccc3Cl)CC1)CC2. The third-order valence-corrected chi connectivity index (χ3v) is 6.58. The normalized spacial score (nSPS) is 20.6. The average molecular weight is 377 g/mol. The number of methoxy groups -OCH3 is 1. The molecule has 1 aromatic carbocycles. The summed E-state index contributed by atoms with van der Waals surface area (Å²) in [7, 11) is 1.71. The van der Waals surface area contributed by atoms with Crippen LogP contribution in [0.1, 0.15) is 33.3 Å². The van der Waals surface area contributed by atoms with Gasteiger partial charge in [-0.25, -0.2) is 0 Å². The van der Waals surface area contributed by atoms with Gasteiger partial charge in [-0.15, -0.1) is 11.3 Å². The third kappa shape index (κ3) is 3.16. The second kappa shape index (κ2) is 6.98. The van der Waals surface area contributed by atoms with Crippen molar-refractivity contribution >= 4 is 28.8 Å². The highest BCUT2D eigenvalue weighted by Crippen LogP contribution is 2.38. The maximum Gasteiger partial charge on any atom is 0.265 e. The van der Waals surface area contributed by atoms with Crippen molar-refractivity contribution in [2.45, 2.75) is 18.9 Å². The van der Waals surface area contributed by atoms with Crippen LogP contribution in [0.3, 0.4) is 0 Å². The Kier molecular flexibility index (Phi) is 4.71. The molecular formula is C19H21ClN2O2S. The molecule has 1 atom stereocenters. The molecule has 0 radical (unpaired) electrons. The molecule has 1 amide bonds. The van der Waals surface area contributed by atoms with Crippen molar-refractivity contribution in [2.24, 2.45) is 0 Å². The smallest absolute Gasteiger partial charge is 0.265 e. The van der Waals surface area contributed by atoms with Gasteiger partial charge >= 0.3 is 0 Å². The van der Waals surface area contributed by atoms with E-state index in [9.17, 15) is 4.79 Å². The van der Waals surface area contributed by atoms with E-state index < -0.39 is 0 Å². The number of carbonyl (C=O) groups is 1. The average Bonchev–Trinajstić information content (AvgIpc) is 3.26. The highest BCUT2D eigenvalue weighted by molar-refractivity contribution is 7.12. The zero-order valence-electron chi connectivity index (χ0n) is 14.2. The van der Waals surface area contributed by atoms with Crippen LogP contribution in [0.4, 0.5) is 0 Å². The minimum absolute atomic E-state index is 0.0631. The van der Waals surface area contributed by atoms with E-state index in [1.807, 2.05) is 16.3 Å². The van der Waals surface area contributed by atoms with Gasteiger partial charge in [-0.05, 0) is 47.5 Å². The summed E-state index contributed by atoms with van der Waals surface area (Å²) in [4.78, 5) is 17.7. The molecule has 1 aliphatic heterocycles. The van der Waals surface area contributed by atoms with Crippen LogP contribution in [0, 0.1) is 0 Å². The highest BCUT2D eigenvalue weighted by Gasteiger charge is 2.32. The Morgan fingerprint density at radius 2 is 2.04 bits per heavy atom. The lowest BCUT2D eigenvalue weighted by atomic mass is 10.1. The van der Waals surface area contributed by atoms with Gasteiger partial charge in [-0.1, -0.05) is 17.7 Å². The second-order valence-electron chi connectivity index (χ2n) is 6.55. The van der Waals surface area contributed by atoms with E-state index in [1.165, 1.54) is 22.5 Å².